The van der Waals surface area contributed by atoms with E-state index in [0.717, 1.165) is 19.1 Å². The van der Waals surface area contributed by atoms with E-state index < -0.39 is 29.3 Å². The van der Waals surface area contributed by atoms with E-state index >= 15 is 0 Å². The number of rotatable bonds is 2. The zero-order chi connectivity index (χ0) is 15.1. The number of benzene rings is 1. The number of carbonyl (C=O) groups is 1. The van der Waals surface area contributed by atoms with E-state index in [1.807, 2.05) is 0 Å². The number of carbonyl (C=O) groups excluding carboxylic acids is 1. The lowest BCUT2D eigenvalue weighted by Crippen LogP contribution is -2.53. The van der Waals surface area contributed by atoms with E-state index in [1.165, 1.54) is 0 Å². The Morgan fingerprint density at radius 1 is 1.05 bits per heavy atom. The monoisotopic (exact) mass is 286 g/mol. The fourth-order valence-electron chi connectivity index (χ4n) is 1.45. The topological polar surface area (TPSA) is 37.3 Å². The second-order valence-electron chi connectivity index (χ2n) is 3.84. The Morgan fingerprint density at radius 2 is 1.53 bits per heavy atom. The molecule has 0 fully saturated rings. The van der Waals surface area contributed by atoms with Crippen LogP contribution in [0.5, 0.6) is 0 Å². The van der Waals surface area contributed by atoms with Gasteiger partial charge in [-0.1, -0.05) is 18.2 Å². The molecule has 2 nitrogen and oxygen atoms in total. The van der Waals surface area contributed by atoms with Crippen LogP contribution in [0, 0.1) is 0 Å². The standard InChI is InChI=1S/C11H8F6O2/c1-6(18)7-3-2-4-8(5-7)9(19,10(12,13)14)11(15,16)17/h2-5,19H,1H3. The van der Waals surface area contributed by atoms with E-state index in [9.17, 15) is 31.1 Å². The quantitative estimate of drug-likeness (QED) is 0.669. The van der Waals surface area contributed by atoms with Gasteiger partial charge in [-0.05, 0) is 13.0 Å². The highest BCUT2D eigenvalue weighted by molar-refractivity contribution is 5.94. The van der Waals surface area contributed by atoms with E-state index in [0.29, 0.717) is 12.1 Å². The molecule has 0 aliphatic carbocycles. The van der Waals surface area contributed by atoms with E-state index in [4.69, 9.17) is 5.11 Å². The summed E-state index contributed by atoms with van der Waals surface area (Å²) in [5.74, 6) is -0.714. The third kappa shape index (κ3) is 2.58. The summed E-state index contributed by atoms with van der Waals surface area (Å²) in [6.07, 6.45) is -11.9. The summed E-state index contributed by atoms with van der Waals surface area (Å²) in [4.78, 5) is 11.0. The average molecular weight is 286 g/mol. The van der Waals surface area contributed by atoms with Crippen molar-refractivity contribution >= 4 is 5.78 Å². The molecule has 1 N–H and O–H groups in total. The Morgan fingerprint density at radius 3 is 1.89 bits per heavy atom. The Labute approximate surface area is 103 Å². The van der Waals surface area contributed by atoms with Gasteiger partial charge in [0.1, 0.15) is 0 Å². The van der Waals surface area contributed by atoms with E-state index in [2.05, 4.69) is 0 Å². The predicted octanol–water partition coefficient (Wildman–Crippen LogP) is 3.20. The maximum Gasteiger partial charge on any atom is 0.430 e. The second kappa shape index (κ2) is 4.52. The molecule has 0 aliphatic heterocycles. The van der Waals surface area contributed by atoms with Crippen LogP contribution in [0.3, 0.4) is 0 Å². The van der Waals surface area contributed by atoms with Crippen molar-refractivity contribution < 1.29 is 36.2 Å². The largest absolute Gasteiger partial charge is 0.430 e. The van der Waals surface area contributed by atoms with Gasteiger partial charge in [0.2, 0.25) is 0 Å². The molecular formula is C11H8F6O2. The first-order valence-corrected chi connectivity index (χ1v) is 4.88. The molecule has 0 saturated heterocycles. The maximum atomic E-state index is 12.6. The molecule has 1 aromatic carbocycles. The van der Waals surface area contributed by atoms with Crippen LogP contribution in [0.15, 0.2) is 24.3 Å². The molecule has 0 saturated carbocycles. The summed E-state index contributed by atoms with van der Waals surface area (Å²) in [5, 5.41) is 9.10. The third-order valence-electron chi connectivity index (χ3n) is 2.51. The van der Waals surface area contributed by atoms with E-state index in [1.54, 1.807) is 0 Å². The molecular weight excluding hydrogens is 278 g/mol. The summed E-state index contributed by atoms with van der Waals surface area (Å²) in [6, 6.07) is 2.74. The molecule has 19 heavy (non-hydrogen) atoms. The highest BCUT2D eigenvalue weighted by atomic mass is 19.4. The molecule has 0 radical (unpaired) electrons. The van der Waals surface area contributed by atoms with Crippen molar-refractivity contribution in [3.63, 3.8) is 0 Å². The highest BCUT2D eigenvalue weighted by Gasteiger charge is 2.71. The van der Waals surface area contributed by atoms with Gasteiger partial charge in [-0.2, -0.15) is 26.3 Å². The molecule has 0 aliphatic rings. The van der Waals surface area contributed by atoms with Gasteiger partial charge in [0.25, 0.3) is 5.60 Å². The van der Waals surface area contributed by atoms with Crippen LogP contribution < -0.4 is 0 Å². The van der Waals surface area contributed by atoms with Crippen LogP contribution in [-0.4, -0.2) is 23.2 Å². The van der Waals surface area contributed by atoms with Crippen molar-refractivity contribution in [3.05, 3.63) is 35.4 Å². The Bertz CT molecular complexity index is 475. The number of halogens is 6. The number of hydrogen-bond acceptors (Lipinski definition) is 2. The molecule has 106 valence electrons. The molecule has 8 heteroatoms. The molecule has 0 aromatic heterocycles. The van der Waals surface area contributed by atoms with Crippen molar-refractivity contribution in [2.24, 2.45) is 0 Å². The number of alkyl halides is 6. The van der Waals surface area contributed by atoms with Crippen LogP contribution in [0.1, 0.15) is 22.8 Å². The highest BCUT2D eigenvalue weighted by Crippen LogP contribution is 2.50. The van der Waals surface area contributed by atoms with Crippen molar-refractivity contribution in [2.45, 2.75) is 24.9 Å². The fraction of sp³-hybridized carbons (Fsp3) is 0.364. The summed E-state index contributed by atoms with van der Waals surface area (Å²) in [5.41, 5.74) is -6.81. The normalized spacial score (nSPS) is 13.5. The predicted molar refractivity (Wildman–Crippen MR) is 52.5 cm³/mol. The van der Waals surface area contributed by atoms with Gasteiger partial charge in [0, 0.05) is 11.1 Å². The molecule has 0 spiro atoms. The fourth-order valence-corrected chi connectivity index (χ4v) is 1.45. The van der Waals surface area contributed by atoms with Crippen molar-refractivity contribution in [2.75, 3.05) is 0 Å². The Balaban J connectivity index is 3.52. The number of ketones is 1. The number of aliphatic hydroxyl groups is 1. The summed E-state index contributed by atoms with van der Waals surface area (Å²) >= 11 is 0. The Hall–Kier alpha value is -1.57. The molecule has 0 unspecified atom stereocenters. The van der Waals surface area contributed by atoms with Crippen LogP contribution in [0.2, 0.25) is 0 Å². The number of Topliss-reactive ketones (excluding diaryl/α,β-unsaturated/α-hetero) is 1. The van der Waals surface area contributed by atoms with Gasteiger partial charge in [-0.15, -0.1) is 0 Å². The van der Waals surface area contributed by atoms with Crippen molar-refractivity contribution in [3.8, 4) is 0 Å². The third-order valence-corrected chi connectivity index (χ3v) is 2.51. The zero-order valence-corrected chi connectivity index (χ0v) is 9.43. The van der Waals surface area contributed by atoms with Gasteiger partial charge in [0.15, 0.2) is 5.78 Å². The zero-order valence-electron chi connectivity index (χ0n) is 9.43. The smallest absolute Gasteiger partial charge is 0.369 e. The Kier molecular flexibility index (Phi) is 3.68. The number of hydrogen-bond donors (Lipinski definition) is 1. The van der Waals surface area contributed by atoms with Crippen LogP contribution in [0.25, 0.3) is 0 Å². The SMILES string of the molecule is CC(=O)c1cccc(C(O)(C(F)(F)F)C(F)(F)F)c1. The lowest BCUT2D eigenvalue weighted by molar-refractivity contribution is -0.376. The van der Waals surface area contributed by atoms with Crippen LogP contribution in [0.4, 0.5) is 26.3 Å². The second-order valence-corrected chi connectivity index (χ2v) is 3.84. The molecule has 0 amide bonds. The summed E-state index contributed by atoms with van der Waals surface area (Å²) in [7, 11) is 0. The van der Waals surface area contributed by atoms with Crippen molar-refractivity contribution in [1.29, 1.82) is 0 Å². The molecule has 0 bridgehead atoms. The van der Waals surface area contributed by atoms with Gasteiger partial charge >= 0.3 is 12.4 Å². The summed E-state index contributed by atoms with van der Waals surface area (Å²) in [6.45, 7) is 0.985. The lowest BCUT2D eigenvalue weighted by Gasteiger charge is -2.32. The van der Waals surface area contributed by atoms with Gasteiger partial charge in [-0.3, -0.25) is 4.79 Å². The van der Waals surface area contributed by atoms with Crippen LogP contribution >= 0.6 is 0 Å². The van der Waals surface area contributed by atoms with Crippen molar-refractivity contribution in [1.82, 2.24) is 0 Å². The lowest BCUT2D eigenvalue weighted by atomic mass is 9.90. The molecule has 0 heterocycles. The first-order valence-electron chi connectivity index (χ1n) is 4.88. The minimum atomic E-state index is -5.96. The average Bonchev–Trinajstić information content (AvgIpc) is 2.25. The van der Waals surface area contributed by atoms with E-state index in [-0.39, 0.29) is 5.56 Å². The maximum absolute atomic E-state index is 12.6. The summed E-state index contributed by atoms with van der Waals surface area (Å²) < 4.78 is 75.4. The first kappa shape index (κ1) is 15.5. The van der Waals surface area contributed by atoms with Gasteiger partial charge in [-0.25, -0.2) is 0 Å². The minimum Gasteiger partial charge on any atom is -0.369 e. The molecule has 0 atom stereocenters. The van der Waals surface area contributed by atoms with Gasteiger partial charge < -0.3 is 5.11 Å². The van der Waals surface area contributed by atoms with Crippen LogP contribution in [-0.2, 0) is 5.60 Å². The molecule has 1 aromatic rings. The van der Waals surface area contributed by atoms with Gasteiger partial charge in [0.05, 0.1) is 0 Å². The molecule has 1 rings (SSSR count). The minimum absolute atomic E-state index is 0.357. The first-order chi connectivity index (χ1) is 8.41.